The Morgan fingerprint density at radius 2 is 1.45 bits per heavy atom. The number of methoxy groups -OCH3 is 3. The van der Waals surface area contributed by atoms with Gasteiger partial charge in [-0.25, -0.2) is 14.4 Å². The smallest absolute Gasteiger partial charge is 0.355 e. The van der Waals surface area contributed by atoms with Gasteiger partial charge in [0.2, 0.25) is 0 Å². The summed E-state index contributed by atoms with van der Waals surface area (Å²) in [6.07, 6.45) is 0. The minimum atomic E-state index is -0.955. The third-order valence-electron chi connectivity index (χ3n) is 5.16. The Morgan fingerprint density at radius 1 is 0.879 bits per heavy atom. The van der Waals surface area contributed by atoms with Crippen molar-refractivity contribution in [1.29, 1.82) is 5.26 Å². The van der Waals surface area contributed by atoms with Gasteiger partial charge in [-0.15, -0.1) is 0 Å². The maximum Gasteiger partial charge on any atom is 0.355 e. The van der Waals surface area contributed by atoms with Crippen LogP contribution in [-0.2, 0) is 23.8 Å². The van der Waals surface area contributed by atoms with Gasteiger partial charge in [0.25, 0.3) is 0 Å². The normalized spacial score (nSPS) is 15.6. The maximum absolute atomic E-state index is 13.0. The molecule has 0 saturated heterocycles. The van der Waals surface area contributed by atoms with E-state index < -0.39 is 23.8 Å². The van der Waals surface area contributed by atoms with Gasteiger partial charge in [0.15, 0.2) is 0 Å². The minimum absolute atomic E-state index is 0.0475. The summed E-state index contributed by atoms with van der Waals surface area (Å²) in [6.45, 7) is 0. The van der Waals surface area contributed by atoms with Crippen molar-refractivity contribution in [2.45, 2.75) is 5.92 Å². The van der Waals surface area contributed by atoms with Crippen LogP contribution in [0.25, 0.3) is 0 Å². The lowest BCUT2D eigenvalue weighted by atomic mass is 9.81. The van der Waals surface area contributed by atoms with E-state index in [0.29, 0.717) is 11.3 Å². The molecule has 0 bridgehead atoms. The number of ether oxygens (including phenoxy) is 3. The average Bonchev–Trinajstić information content (AvgIpc) is 2.87. The van der Waals surface area contributed by atoms with Crippen LogP contribution in [0, 0.1) is 11.3 Å². The number of esters is 3. The van der Waals surface area contributed by atoms with Gasteiger partial charge < -0.3 is 19.9 Å². The first-order chi connectivity index (χ1) is 15.9. The molecule has 0 saturated carbocycles. The van der Waals surface area contributed by atoms with Crippen LogP contribution in [-0.4, -0.2) is 39.2 Å². The molecule has 0 radical (unpaired) electrons. The molecule has 2 aromatic carbocycles. The zero-order valence-corrected chi connectivity index (χ0v) is 18.2. The largest absolute Gasteiger partial charge is 0.466 e. The summed E-state index contributed by atoms with van der Waals surface area (Å²) in [6, 6.07) is 16.7. The summed E-state index contributed by atoms with van der Waals surface area (Å²) >= 11 is 0. The zero-order valence-electron chi connectivity index (χ0n) is 18.2. The average molecular weight is 447 g/mol. The molecule has 9 nitrogen and oxygen atoms in total. The van der Waals surface area contributed by atoms with Crippen LogP contribution in [0.4, 0.5) is 5.69 Å². The molecular formula is C24H21N3O6. The van der Waals surface area contributed by atoms with Gasteiger partial charge in [-0.05, 0) is 29.8 Å². The number of rotatable bonds is 5. The van der Waals surface area contributed by atoms with Gasteiger partial charge in [0.1, 0.15) is 11.5 Å². The predicted octanol–water partition coefficient (Wildman–Crippen LogP) is 2.37. The molecule has 0 amide bonds. The van der Waals surface area contributed by atoms with Crippen LogP contribution < -0.4 is 10.6 Å². The Morgan fingerprint density at radius 3 is 1.97 bits per heavy atom. The standard InChI is InChI=1S/C24H21N3O6/c1-31-22(28)15-9-11-16(12-10-15)27-20(24(30)33-3)19(23(29)32-2)18(17(13-25)21(27)26)14-7-5-4-6-8-14/h4-12,18H,26H2,1-3H3. The second kappa shape index (κ2) is 9.70. The zero-order chi connectivity index (χ0) is 24.1. The van der Waals surface area contributed by atoms with Crippen molar-refractivity contribution in [3.8, 4) is 6.07 Å². The molecule has 2 aromatic rings. The van der Waals surface area contributed by atoms with Gasteiger partial charge in [-0.2, -0.15) is 5.26 Å². The minimum Gasteiger partial charge on any atom is -0.466 e. The highest BCUT2D eigenvalue weighted by Gasteiger charge is 2.42. The third-order valence-corrected chi connectivity index (χ3v) is 5.16. The Labute approximate surface area is 190 Å². The fourth-order valence-corrected chi connectivity index (χ4v) is 3.65. The maximum atomic E-state index is 13.0. The fraction of sp³-hybridized carbons (Fsp3) is 0.167. The first-order valence-corrected chi connectivity index (χ1v) is 9.73. The Kier molecular flexibility index (Phi) is 6.79. The first kappa shape index (κ1) is 23.1. The van der Waals surface area contributed by atoms with Crippen LogP contribution in [0.15, 0.2) is 77.3 Å². The van der Waals surface area contributed by atoms with Crippen LogP contribution in [0.5, 0.6) is 0 Å². The molecule has 0 fully saturated rings. The van der Waals surface area contributed by atoms with Crippen molar-refractivity contribution in [2.24, 2.45) is 5.73 Å². The molecular weight excluding hydrogens is 426 g/mol. The summed E-state index contributed by atoms with van der Waals surface area (Å²) in [4.78, 5) is 39.0. The number of nitrogens with two attached hydrogens (primary N) is 1. The summed E-state index contributed by atoms with van der Waals surface area (Å²) in [5.74, 6) is -3.24. The summed E-state index contributed by atoms with van der Waals surface area (Å²) < 4.78 is 14.7. The lowest BCUT2D eigenvalue weighted by Gasteiger charge is -2.35. The number of carbonyl (C=O) groups excluding carboxylic acids is 3. The molecule has 0 spiro atoms. The molecule has 1 aliphatic heterocycles. The molecule has 0 aliphatic carbocycles. The molecule has 168 valence electrons. The van der Waals surface area contributed by atoms with E-state index in [1.165, 1.54) is 50.5 Å². The van der Waals surface area contributed by atoms with E-state index in [9.17, 15) is 19.6 Å². The highest BCUT2D eigenvalue weighted by atomic mass is 16.5. The number of hydrogen-bond donors (Lipinski definition) is 1. The van der Waals surface area contributed by atoms with Crippen molar-refractivity contribution in [3.05, 3.63) is 88.4 Å². The predicted molar refractivity (Wildman–Crippen MR) is 117 cm³/mol. The van der Waals surface area contributed by atoms with Crippen LogP contribution in [0.3, 0.4) is 0 Å². The topological polar surface area (TPSA) is 132 Å². The summed E-state index contributed by atoms with van der Waals surface area (Å²) in [7, 11) is 3.60. The van der Waals surface area contributed by atoms with Crippen molar-refractivity contribution < 1.29 is 28.6 Å². The highest BCUT2D eigenvalue weighted by Crippen LogP contribution is 2.43. The van der Waals surface area contributed by atoms with Gasteiger partial charge in [-0.1, -0.05) is 30.3 Å². The lowest BCUT2D eigenvalue weighted by Crippen LogP contribution is -2.40. The molecule has 2 N–H and O–H groups in total. The summed E-state index contributed by atoms with van der Waals surface area (Å²) in [5.41, 5.74) is 7.31. The number of anilines is 1. The SMILES string of the molecule is COC(=O)C1=C(C(=O)OC)N(c2ccc(C(=O)OC)cc2)C(N)=C(C#N)C1c1ccccc1. The van der Waals surface area contributed by atoms with E-state index in [2.05, 4.69) is 6.07 Å². The molecule has 1 unspecified atom stereocenters. The first-order valence-electron chi connectivity index (χ1n) is 9.73. The molecule has 1 atom stereocenters. The highest BCUT2D eigenvalue weighted by molar-refractivity contribution is 6.06. The molecule has 1 aliphatic rings. The van der Waals surface area contributed by atoms with E-state index in [0.717, 1.165) is 0 Å². The number of allylic oxidation sites excluding steroid dienone is 1. The number of carbonyl (C=O) groups is 3. The molecule has 0 aromatic heterocycles. The van der Waals surface area contributed by atoms with Gasteiger partial charge in [0, 0.05) is 5.69 Å². The van der Waals surface area contributed by atoms with E-state index in [1.807, 2.05) is 0 Å². The van der Waals surface area contributed by atoms with Gasteiger partial charge in [0.05, 0.1) is 50.0 Å². The Bertz CT molecular complexity index is 1190. The van der Waals surface area contributed by atoms with Gasteiger partial charge in [-0.3, -0.25) is 4.90 Å². The monoisotopic (exact) mass is 447 g/mol. The Hall–Kier alpha value is -4.58. The quantitative estimate of drug-likeness (QED) is 0.542. The van der Waals surface area contributed by atoms with Crippen LogP contribution in [0.1, 0.15) is 21.8 Å². The molecule has 9 heteroatoms. The van der Waals surface area contributed by atoms with Gasteiger partial charge >= 0.3 is 17.9 Å². The molecule has 33 heavy (non-hydrogen) atoms. The van der Waals surface area contributed by atoms with Crippen LogP contribution >= 0.6 is 0 Å². The van der Waals surface area contributed by atoms with Crippen LogP contribution in [0.2, 0.25) is 0 Å². The number of nitriles is 1. The van der Waals surface area contributed by atoms with E-state index >= 15 is 0 Å². The Balaban J connectivity index is 2.33. The summed E-state index contributed by atoms with van der Waals surface area (Å²) in [5, 5.41) is 9.99. The molecule has 1 heterocycles. The van der Waals surface area contributed by atoms with E-state index in [-0.39, 0.29) is 28.2 Å². The van der Waals surface area contributed by atoms with Crippen molar-refractivity contribution in [1.82, 2.24) is 0 Å². The number of nitrogens with zero attached hydrogens (tertiary/aromatic N) is 2. The second-order valence-corrected chi connectivity index (χ2v) is 6.87. The third kappa shape index (κ3) is 4.14. The van der Waals surface area contributed by atoms with Crippen molar-refractivity contribution >= 4 is 23.6 Å². The van der Waals surface area contributed by atoms with Crippen molar-refractivity contribution in [2.75, 3.05) is 26.2 Å². The molecule has 3 rings (SSSR count). The van der Waals surface area contributed by atoms with Crippen molar-refractivity contribution in [3.63, 3.8) is 0 Å². The number of benzene rings is 2. The van der Waals surface area contributed by atoms with E-state index in [1.54, 1.807) is 30.3 Å². The van der Waals surface area contributed by atoms with E-state index in [4.69, 9.17) is 19.9 Å². The number of hydrogen-bond acceptors (Lipinski definition) is 9. The second-order valence-electron chi connectivity index (χ2n) is 6.87. The lowest BCUT2D eigenvalue weighted by molar-refractivity contribution is -0.139. The fourth-order valence-electron chi connectivity index (χ4n) is 3.65.